The highest BCUT2D eigenvalue weighted by atomic mass is 32.2. The second kappa shape index (κ2) is 10.8. The van der Waals surface area contributed by atoms with Crippen LogP contribution in [-0.4, -0.2) is 46.7 Å². The highest BCUT2D eigenvalue weighted by Gasteiger charge is 2.34. The molecule has 0 radical (unpaired) electrons. The number of methoxy groups -OCH3 is 1. The quantitative estimate of drug-likeness (QED) is 0.464. The molecule has 0 aliphatic carbocycles. The van der Waals surface area contributed by atoms with Gasteiger partial charge in [0.2, 0.25) is 16.1 Å². The van der Waals surface area contributed by atoms with Crippen molar-refractivity contribution in [2.45, 2.75) is 24.0 Å². The Morgan fingerprint density at radius 3 is 2.39 bits per heavy atom. The van der Waals surface area contributed by atoms with Crippen LogP contribution in [0.15, 0.2) is 83.8 Å². The summed E-state index contributed by atoms with van der Waals surface area (Å²) in [5, 5.41) is 0. The Morgan fingerprint density at radius 2 is 1.69 bits per heavy atom. The minimum atomic E-state index is -3.76. The number of carbonyl (C=O) groups excluding carboxylic acids is 2. The molecule has 1 N–H and O–H groups in total. The van der Waals surface area contributed by atoms with E-state index >= 15 is 0 Å². The molecular weight excluding hydrogens is 484 g/mol. The van der Waals surface area contributed by atoms with Gasteiger partial charge in [0.05, 0.1) is 24.2 Å². The molecule has 3 aromatic rings. The number of carbonyl (C=O) groups is 2. The van der Waals surface area contributed by atoms with Gasteiger partial charge in [-0.15, -0.1) is 0 Å². The fraction of sp³-hybridized carbons (Fsp3) is 0.231. The molecular formula is C26H26N2O7S. The van der Waals surface area contributed by atoms with Gasteiger partial charge in [0.25, 0.3) is 5.91 Å². The smallest absolute Gasteiger partial charge is 0.348 e. The van der Waals surface area contributed by atoms with Crippen LogP contribution in [0.3, 0.4) is 0 Å². The van der Waals surface area contributed by atoms with Crippen LogP contribution in [0.2, 0.25) is 0 Å². The molecule has 9 nitrogen and oxygen atoms in total. The normalized spacial score (nSPS) is 15.8. The number of hydrogen-bond donors (Lipinski definition) is 1. The summed E-state index contributed by atoms with van der Waals surface area (Å²) in [5.74, 6) is -0.270. The topological polar surface area (TPSA) is 111 Å². The first-order valence-corrected chi connectivity index (χ1v) is 12.7. The summed E-state index contributed by atoms with van der Waals surface area (Å²) in [6.45, 7) is 1.43. The van der Waals surface area contributed by atoms with Crippen molar-refractivity contribution >= 4 is 27.6 Å². The number of benzene rings is 3. The molecule has 2 atom stereocenters. The number of rotatable bonds is 8. The van der Waals surface area contributed by atoms with E-state index in [9.17, 15) is 18.0 Å². The SMILES string of the molecule is COC(=O)[C@H]1CN(C(=O)COc2ccc(S(=O)(=O)N[C@@H](C)c3ccccc3)cc2)c2ccccc2O1. The molecule has 10 heteroatoms. The third-order valence-corrected chi connectivity index (χ3v) is 7.22. The Balaban J connectivity index is 1.40. The van der Waals surface area contributed by atoms with E-state index in [2.05, 4.69) is 4.72 Å². The number of hydrogen-bond acceptors (Lipinski definition) is 7. The molecule has 1 aliphatic heterocycles. The van der Waals surface area contributed by atoms with Crippen LogP contribution >= 0.6 is 0 Å². The van der Waals surface area contributed by atoms with Crippen LogP contribution in [0.1, 0.15) is 18.5 Å². The van der Waals surface area contributed by atoms with E-state index in [4.69, 9.17) is 14.2 Å². The minimum absolute atomic E-state index is 0.0195. The van der Waals surface area contributed by atoms with E-state index in [1.54, 1.807) is 31.2 Å². The van der Waals surface area contributed by atoms with E-state index in [-0.39, 0.29) is 18.0 Å². The summed E-state index contributed by atoms with van der Waals surface area (Å²) in [6.07, 6.45) is -0.955. The number of amides is 1. The van der Waals surface area contributed by atoms with Gasteiger partial charge < -0.3 is 19.1 Å². The van der Waals surface area contributed by atoms with Gasteiger partial charge in [-0.1, -0.05) is 42.5 Å². The lowest BCUT2D eigenvalue weighted by Gasteiger charge is -2.33. The second-order valence-electron chi connectivity index (χ2n) is 8.12. The van der Waals surface area contributed by atoms with Crippen molar-refractivity contribution in [3.63, 3.8) is 0 Å². The first-order chi connectivity index (χ1) is 17.3. The monoisotopic (exact) mass is 510 g/mol. The van der Waals surface area contributed by atoms with Crippen LogP contribution in [0.5, 0.6) is 11.5 Å². The molecule has 4 rings (SSSR count). The highest BCUT2D eigenvalue weighted by molar-refractivity contribution is 7.89. The minimum Gasteiger partial charge on any atom is -0.484 e. The molecule has 188 valence electrons. The zero-order chi connectivity index (χ0) is 25.7. The third-order valence-electron chi connectivity index (χ3n) is 5.67. The first-order valence-electron chi connectivity index (χ1n) is 11.2. The van der Waals surface area contributed by atoms with Crippen molar-refractivity contribution in [3.8, 4) is 11.5 Å². The molecule has 0 unspecified atom stereocenters. The van der Waals surface area contributed by atoms with E-state index < -0.39 is 34.0 Å². The van der Waals surface area contributed by atoms with E-state index in [1.165, 1.54) is 36.3 Å². The molecule has 0 spiro atoms. The number of esters is 1. The van der Waals surface area contributed by atoms with Crippen molar-refractivity contribution < 1.29 is 32.2 Å². The highest BCUT2D eigenvalue weighted by Crippen LogP contribution is 2.33. The van der Waals surface area contributed by atoms with Gasteiger partial charge in [-0.05, 0) is 48.9 Å². The van der Waals surface area contributed by atoms with Crippen molar-refractivity contribution in [2.24, 2.45) is 0 Å². The van der Waals surface area contributed by atoms with Gasteiger partial charge in [-0.3, -0.25) is 4.79 Å². The maximum absolute atomic E-state index is 13.0. The molecule has 1 aliphatic rings. The number of nitrogens with zero attached hydrogens (tertiary/aromatic N) is 1. The van der Waals surface area contributed by atoms with Gasteiger partial charge in [-0.2, -0.15) is 0 Å². The predicted molar refractivity (Wildman–Crippen MR) is 132 cm³/mol. The number of anilines is 1. The number of sulfonamides is 1. The Kier molecular flexibility index (Phi) is 7.56. The van der Waals surface area contributed by atoms with Crippen LogP contribution in [0, 0.1) is 0 Å². The summed E-state index contributed by atoms with van der Waals surface area (Å²) in [4.78, 5) is 26.5. The molecule has 0 aromatic heterocycles. The molecule has 1 heterocycles. The molecule has 1 amide bonds. The standard InChI is InChI=1S/C26H26N2O7S/c1-18(19-8-4-3-5-9-19)27-36(31,32)21-14-12-20(13-15-21)34-17-25(29)28-16-24(26(30)33-2)35-23-11-7-6-10-22(23)28/h3-15,18,24,27H,16-17H2,1-2H3/t18-,24+/m0/s1. The fourth-order valence-electron chi connectivity index (χ4n) is 3.77. The Labute approximate surface area is 209 Å². The molecule has 0 saturated heterocycles. The summed E-state index contributed by atoms with van der Waals surface area (Å²) < 4.78 is 44.2. The van der Waals surface area contributed by atoms with Gasteiger partial charge in [0.1, 0.15) is 11.5 Å². The zero-order valence-electron chi connectivity index (χ0n) is 19.8. The molecule has 0 saturated carbocycles. The van der Waals surface area contributed by atoms with Crippen molar-refractivity contribution in [1.82, 2.24) is 4.72 Å². The maximum Gasteiger partial charge on any atom is 0.348 e. The third kappa shape index (κ3) is 5.67. The molecule has 0 bridgehead atoms. The van der Waals surface area contributed by atoms with Crippen molar-refractivity contribution in [3.05, 3.63) is 84.4 Å². The fourth-order valence-corrected chi connectivity index (χ4v) is 5.01. The molecule has 0 fully saturated rings. The maximum atomic E-state index is 13.0. The van der Waals surface area contributed by atoms with E-state index in [0.717, 1.165) is 5.56 Å². The lowest BCUT2D eigenvalue weighted by atomic mass is 10.1. The summed E-state index contributed by atoms with van der Waals surface area (Å²) in [6, 6.07) is 21.5. The number of ether oxygens (including phenoxy) is 3. The Bertz CT molecular complexity index is 1330. The Hall–Kier alpha value is -3.89. The van der Waals surface area contributed by atoms with Gasteiger partial charge in [0.15, 0.2) is 6.61 Å². The van der Waals surface area contributed by atoms with E-state index in [1.807, 2.05) is 30.3 Å². The van der Waals surface area contributed by atoms with Gasteiger partial charge in [-0.25, -0.2) is 17.9 Å². The summed E-state index contributed by atoms with van der Waals surface area (Å²) in [5.41, 5.74) is 1.37. The van der Waals surface area contributed by atoms with Crippen LogP contribution in [-0.2, 0) is 24.3 Å². The van der Waals surface area contributed by atoms with Crippen LogP contribution in [0.4, 0.5) is 5.69 Å². The average Bonchev–Trinajstić information content (AvgIpc) is 2.91. The number of nitrogens with one attached hydrogen (secondary N) is 1. The summed E-state index contributed by atoms with van der Waals surface area (Å²) in [7, 11) is -2.51. The molecule has 36 heavy (non-hydrogen) atoms. The first kappa shape index (κ1) is 25.2. The number of fused-ring (bicyclic) bond motifs is 1. The lowest BCUT2D eigenvalue weighted by molar-refractivity contribution is -0.148. The average molecular weight is 511 g/mol. The van der Waals surface area contributed by atoms with Crippen LogP contribution in [0.25, 0.3) is 0 Å². The largest absolute Gasteiger partial charge is 0.484 e. The van der Waals surface area contributed by atoms with Crippen LogP contribution < -0.4 is 19.1 Å². The van der Waals surface area contributed by atoms with Crippen molar-refractivity contribution in [1.29, 1.82) is 0 Å². The summed E-state index contributed by atoms with van der Waals surface area (Å²) >= 11 is 0. The second-order valence-corrected chi connectivity index (χ2v) is 9.83. The van der Waals surface area contributed by atoms with Gasteiger partial charge >= 0.3 is 5.97 Å². The Morgan fingerprint density at radius 1 is 1.03 bits per heavy atom. The van der Waals surface area contributed by atoms with E-state index in [0.29, 0.717) is 17.2 Å². The lowest BCUT2D eigenvalue weighted by Crippen LogP contribution is -2.48. The number of para-hydroxylation sites is 2. The van der Waals surface area contributed by atoms with Crippen molar-refractivity contribution in [2.75, 3.05) is 25.2 Å². The zero-order valence-corrected chi connectivity index (χ0v) is 20.6. The molecule has 3 aromatic carbocycles. The van der Waals surface area contributed by atoms with Gasteiger partial charge in [0, 0.05) is 6.04 Å². The predicted octanol–water partition coefficient (Wildman–Crippen LogP) is 3.07.